The van der Waals surface area contributed by atoms with Crippen LogP contribution >= 0.6 is 0 Å². The molecule has 6 heteroatoms. The van der Waals surface area contributed by atoms with Crippen molar-refractivity contribution in [2.24, 2.45) is 0 Å². The minimum absolute atomic E-state index is 0.0305. The summed E-state index contributed by atoms with van der Waals surface area (Å²) in [7, 11) is 0. The minimum atomic E-state index is -0.535. The number of ether oxygens (including phenoxy) is 1. The summed E-state index contributed by atoms with van der Waals surface area (Å²) in [5.74, 6) is 0.250. The van der Waals surface area contributed by atoms with Gasteiger partial charge >= 0.3 is 0 Å². The zero-order valence-corrected chi connectivity index (χ0v) is 21.5. The van der Waals surface area contributed by atoms with Crippen LogP contribution < -0.4 is 10.1 Å². The molecule has 0 bridgehead atoms. The quantitative estimate of drug-likeness (QED) is 0.510. The molecule has 38 heavy (non-hydrogen) atoms. The Morgan fingerprint density at radius 2 is 1.74 bits per heavy atom. The van der Waals surface area contributed by atoms with Crippen LogP contribution in [-0.2, 0) is 17.6 Å². The summed E-state index contributed by atoms with van der Waals surface area (Å²) in [5, 5.41) is 13.4. The monoisotopic (exact) mass is 510 g/mol. The van der Waals surface area contributed by atoms with Crippen LogP contribution in [0.2, 0.25) is 0 Å². The predicted molar refractivity (Wildman–Crippen MR) is 145 cm³/mol. The first kappa shape index (κ1) is 24.7. The third-order valence-corrected chi connectivity index (χ3v) is 8.33. The number of carbonyl (C=O) groups is 2. The third kappa shape index (κ3) is 4.69. The highest BCUT2D eigenvalue weighted by Crippen LogP contribution is 2.46. The van der Waals surface area contributed by atoms with Gasteiger partial charge in [-0.1, -0.05) is 54.6 Å². The van der Waals surface area contributed by atoms with Gasteiger partial charge in [0.25, 0.3) is 5.91 Å². The van der Waals surface area contributed by atoms with Crippen LogP contribution in [0.15, 0.2) is 72.8 Å². The van der Waals surface area contributed by atoms with Gasteiger partial charge in [0, 0.05) is 24.6 Å². The molecular weight excluding hydrogens is 476 g/mol. The van der Waals surface area contributed by atoms with Crippen molar-refractivity contribution in [2.45, 2.75) is 62.6 Å². The van der Waals surface area contributed by atoms with Crippen LogP contribution in [0.25, 0.3) is 0 Å². The van der Waals surface area contributed by atoms with Gasteiger partial charge in [0.2, 0.25) is 5.91 Å². The fourth-order valence-electron chi connectivity index (χ4n) is 6.40. The second-order valence-electron chi connectivity index (χ2n) is 10.7. The second-order valence-corrected chi connectivity index (χ2v) is 10.7. The van der Waals surface area contributed by atoms with Gasteiger partial charge in [-0.05, 0) is 72.6 Å². The zero-order chi connectivity index (χ0) is 26.1. The number of benzene rings is 3. The zero-order valence-electron chi connectivity index (χ0n) is 21.5. The molecule has 3 aliphatic rings. The van der Waals surface area contributed by atoms with Crippen molar-refractivity contribution in [3.8, 4) is 5.75 Å². The first-order valence-electron chi connectivity index (χ1n) is 13.8. The fourth-order valence-corrected chi connectivity index (χ4v) is 6.40. The van der Waals surface area contributed by atoms with Gasteiger partial charge in [-0.25, -0.2) is 0 Å². The molecule has 2 heterocycles. The topological polar surface area (TPSA) is 78.9 Å². The molecule has 0 saturated heterocycles. The Hall–Kier alpha value is -3.64. The van der Waals surface area contributed by atoms with Crippen molar-refractivity contribution in [2.75, 3.05) is 13.2 Å². The lowest BCUT2D eigenvalue weighted by atomic mass is 9.76. The summed E-state index contributed by atoms with van der Waals surface area (Å²) in [5.41, 5.74) is 4.64. The van der Waals surface area contributed by atoms with Gasteiger partial charge in [-0.15, -0.1) is 0 Å². The van der Waals surface area contributed by atoms with E-state index in [1.807, 2.05) is 59.5 Å². The lowest BCUT2D eigenvalue weighted by molar-refractivity contribution is -0.124. The number of aliphatic hydroxyl groups is 1. The van der Waals surface area contributed by atoms with Gasteiger partial charge in [0.15, 0.2) is 0 Å². The Balaban J connectivity index is 1.39. The van der Waals surface area contributed by atoms with Crippen molar-refractivity contribution < 1.29 is 19.4 Å². The molecule has 0 radical (unpaired) electrons. The summed E-state index contributed by atoms with van der Waals surface area (Å²) in [6.07, 6.45) is 4.01. The maximum atomic E-state index is 14.1. The normalized spacial score (nSPS) is 24.3. The van der Waals surface area contributed by atoms with E-state index in [1.54, 1.807) is 0 Å². The Morgan fingerprint density at radius 3 is 2.55 bits per heavy atom. The standard InChI is InChI=1S/C32H34N2O4/c35-25-13-11-24(12-14-25)34-30(23-10-15-28-22(20-23)17-19-38-28)29(26-8-4-5-9-27(26)32(34)37)31(36)33-18-16-21-6-2-1-3-7-21/h1-10,15,20,24-25,29-30,35H,11-14,16-19H2,(H,33,36)/t24?,25?,29-,30+/m1/s1. The average Bonchev–Trinajstić information content (AvgIpc) is 3.42. The SMILES string of the molecule is O=C(NCCc1ccccc1)[C@@H]1c2ccccc2C(=O)N(C2CCC(O)CC2)[C@H]1c1ccc2c(c1)CCO2. The maximum Gasteiger partial charge on any atom is 0.254 e. The molecule has 1 fully saturated rings. The third-order valence-electron chi connectivity index (χ3n) is 8.33. The van der Waals surface area contributed by atoms with E-state index in [2.05, 4.69) is 23.5 Å². The number of hydrogen-bond acceptors (Lipinski definition) is 4. The molecule has 2 aliphatic heterocycles. The second kappa shape index (κ2) is 10.6. The lowest BCUT2D eigenvalue weighted by Gasteiger charge is -2.47. The van der Waals surface area contributed by atoms with Crippen LogP contribution in [-0.4, -0.2) is 47.1 Å². The Kier molecular flexibility index (Phi) is 6.90. The number of carbonyl (C=O) groups excluding carboxylic acids is 2. The Bertz CT molecular complexity index is 1320. The van der Waals surface area contributed by atoms with Crippen LogP contribution in [0.1, 0.15) is 70.3 Å². The van der Waals surface area contributed by atoms with Gasteiger partial charge in [0.1, 0.15) is 5.75 Å². The summed E-state index contributed by atoms with van der Waals surface area (Å²) in [6, 6.07) is 23.4. The predicted octanol–water partition coefficient (Wildman–Crippen LogP) is 4.56. The largest absolute Gasteiger partial charge is 0.493 e. The van der Waals surface area contributed by atoms with E-state index in [-0.39, 0.29) is 24.0 Å². The molecule has 196 valence electrons. The van der Waals surface area contributed by atoms with Gasteiger partial charge in [0.05, 0.1) is 24.7 Å². The smallest absolute Gasteiger partial charge is 0.254 e. The lowest BCUT2D eigenvalue weighted by Crippen LogP contribution is -2.52. The molecular formula is C32H34N2O4. The van der Waals surface area contributed by atoms with Crippen LogP contribution in [0.3, 0.4) is 0 Å². The maximum absolute atomic E-state index is 14.1. The highest BCUT2D eigenvalue weighted by Gasteiger charge is 2.47. The summed E-state index contributed by atoms with van der Waals surface area (Å²) in [4.78, 5) is 30.1. The molecule has 0 unspecified atom stereocenters. The first-order valence-corrected chi connectivity index (χ1v) is 13.8. The molecule has 2 N–H and O–H groups in total. The number of amides is 2. The van der Waals surface area contributed by atoms with Crippen molar-refractivity contribution in [1.29, 1.82) is 0 Å². The minimum Gasteiger partial charge on any atom is -0.493 e. The number of aliphatic hydroxyl groups excluding tert-OH is 1. The molecule has 3 aromatic carbocycles. The molecule has 1 saturated carbocycles. The Labute approximate surface area is 223 Å². The number of rotatable bonds is 6. The van der Waals surface area contributed by atoms with E-state index in [0.717, 1.165) is 48.1 Å². The van der Waals surface area contributed by atoms with E-state index < -0.39 is 12.0 Å². The molecule has 0 aromatic heterocycles. The molecule has 0 spiro atoms. The highest BCUT2D eigenvalue weighted by molar-refractivity contribution is 6.01. The van der Waals surface area contributed by atoms with E-state index in [9.17, 15) is 14.7 Å². The van der Waals surface area contributed by atoms with Gasteiger partial charge in [-0.3, -0.25) is 9.59 Å². The molecule has 2 atom stereocenters. The number of fused-ring (bicyclic) bond motifs is 2. The number of nitrogens with zero attached hydrogens (tertiary/aromatic N) is 1. The molecule has 6 nitrogen and oxygen atoms in total. The highest BCUT2D eigenvalue weighted by atomic mass is 16.5. The van der Waals surface area contributed by atoms with Crippen LogP contribution in [0.4, 0.5) is 0 Å². The van der Waals surface area contributed by atoms with Crippen LogP contribution in [0.5, 0.6) is 5.75 Å². The fraction of sp³-hybridized carbons (Fsp3) is 0.375. The summed E-state index contributed by atoms with van der Waals surface area (Å²) >= 11 is 0. The molecule has 3 aromatic rings. The summed E-state index contributed by atoms with van der Waals surface area (Å²) in [6.45, 7) is 1.18. The first-order chi connectivity index (χ1) is 18.6. The Morgan fingerprint density at radius 1 is 0.974 bits per heavy atom. The van der Waals surface area contributed by atoms with E-state index in [0.29, 0.717) is 31.6 Å². The van der Waals surface area contributed by atoms with E-state index in [1.165, 1.54) is 5.56 Å². The number of nitrogens with one attached hydrogen (secondary N) is 1. The van der Waals surface area contributed by atoms with E-state index in [4.69, 9.17) is 4.74 Å². The van der Waals surface area contributed by atoms with Crippen molar-refractivity contribution in [3.63, 3.8) is 0 Å². The molecule has 6 rings (SSSR count). The van der Waals surface area contributed by atoms with Crippen LogP contribution in [0, 0.1) is 0 Å². The van der Waals surface area contributed by atoms with Crippen molar-refractivity contribution in [1.82, 2.24) is 10.2 Å². The molecule has 2 amide bonds. The summed E-state index contributed by atoms with van der Waals surface area (Å²) < 4.78 is 5.75. The van der Waals surface area contributed by atoms with Gasteiger partial charge in [-0.2, -0.15) is 0 Å². The van der Waals surface area contributed by atoms with E-state index >= 15 is 0 Å². The molecule has 1 aliphatic carbocycles. The van der Waals surface area contributed by atoms with Crippen molar-refractivity contribution in [3.05, 3.63) is 101 Å². The van der Waals surface area contributed by atoms with Crippen molar-refractivity contribution >= 4 is 11.8 Å². The average molecular weight is 511 g/mol. The van der Waals surface area contributed by atoms with Gasteiger partial charge < -0.3 is 20.1 Å². The number of hydrogen-bond donors (Lipinski definition) is 2.